The number of carbonyl (C=O) groups is 1. The maximum absolute atomic E-state index is 12.5. The first-order chi connectivity index (χ1) is 9.47. The number of nitrogens with one attached hydrogen (secondary N) is 1. The maximum Gasteiger partial charge on any atom is 0.265 e. The number of hydrogen-bond acceptors (Lipinski definition) is 4. The molecule has 6 heteroatoms. The van der Waals surface area contributed by atoms with Crippen LogP contribution in [0.1, 0.15) is 67.7 Å². The molecule has 0 spiro atoms. The molecule has 1 amide bonds. The van der Waals surface area contributed by atoms with Gasteiger partial charge < -0.3 is 5.32 Å². The molecule has 112 valence electrons. The van der Waals surface area contributed by atoms with Crippen molar-refractivity contribution < 1.29 is 4.79 Å². The summed E-state index contributed by atoms with van der Waals surface area (Å²) in [6.07, 6.45) is 4.41. The third-order valence-corrected chi connectivity index (χ3v) is 5.95. The first-order valence-corrected chi connectivity index (χ1v) is 9.07. The van der Waals surface area contributed by atoms with Gasteiger partial charge >= 0.3 is 0 Å². The van der Waals surface area contributed by atoms with Crippen molar-refractivity contribution in [2.24, 2.45) is 5.92 Å². The summed E-state index contributed by atoms with van der Waals surface area (Å²) in [6, 6.07) is 0. The van der Waals surface area contributed by atoms with Crippen LogP contribution in [0.2, 0.25) is 0 Å². The molecule has 20 heavy (non-hydrogen) atoms. The summed E-state index contributed by atoms with van der Waals surface area (Å²) in [5.41, 5.74) is 0.698. The van der Waals surface area contributed by atoms with Crippen LogP contribution in [0.5, 0.6) is 0 Å². The van der Waals surface area contributed by atoms with Crippen LogP contribution in [0.3, 0.4) is 0 Å². The molecule has 0 aromatic carbocycles. The molecule has 2 rings (SSSR count). The van der Waals surface area contributed by atoms with E-state index in [0.29, 0.717) is 4.88 Å². The lowest BCUT2D eigenvalue weighted by molar-refractivity contribution is 0.0877. The Morgan fingerprint density at radius 1 is 1.50 bits per heavy atom. The Morgan fingerprint density at radius 2 is 2.15 bits per heavy atom. The van der Waals surface area contributed by atoms with Crippen LogP contribution in [-0.4, -0.2) is 26.4 Å². The Morgan fingerprint density at radius 3 is 2.70 bits per heavy atom. The average molecular weight is 360 g/mol. The Hall–Kier alpha value is -0.490. The van der Waals surface area contributed by atoms with Crippen molar-refractivity contribution in [3.05, 3.63) is 10.6 Å². The zero-order valence-corrected chi connectivity index (χ0v) is 14.7. The largest absolute Gasteiger partial charge is 0.345 e. The van der Waals surface area contributed by atoms with Crippen LogP contribution >= 0.6 is 27.5 Å². The molecule has 1 aliphatic rings. The fourth-order valence-corrected chi connectivity index (χ4v) is 4.05. The summed E-state index contributed by atoms with van der Waals surface area (Å²) < 4.78 is 3.94. The van der Waals surface area contributed by atoms with Gasteiger partial charge in [-0.25, -0.2) is 0 Å². The highest BCUT2D eigenvalue weighted by atomic mass is 79.9. The molecule has 1 aromatic rings. The highest BCUT2D eigenvalue weighted by Crippen LogP contribution is 2.34. The molecule has 4 nitrogen and oxygen atoms in total. The smallest absolute Gasteiger partial charge is 0.265 e. The van der Waals surface area contributed by atoms with Gasteiger partial charge in [0.15, 0.2) is 0 Å². The minimum absolute atomic E-state index is 0.0160. The molecule has 1 saturated carbocycles. The Balaban J connectivity index is 2.11. The number of halogens is 1. The van der Waals surface area contributed by atoms with E-state index in [2.05, 4.69) is 37.8 Å². The number of amides is 1. The van der Waals surface area contributed by atoms with Crippen molar-refractivity contribution in [1.82, 2.24) is 14.9 Å². The van der Waals surface area contributed by atoms with E-state index in [1.165, 1.54) is 24.4 Å². The van der Waals surface area contributed by atoms with Gasteiger partial charge in [0.25, 0.3) is 5.91 Å². The molecule has 1 aromatic heterocycles. The molecule has 1 heterocycles. The van der Waals surface area contributed by atoms with E-state index in [1.54, 1.807) is 0 Å². The minimum atomic E-state index is -0.109. The van der Waals surface area contributed by atoms with Crippen molar-refractivity contribution >= 4 is 33.4 Å². The Bertz CT molecular complexity index is 467. The minimum Gasteiger partial charge on any atom is -0.345 e. The number of rotatable bonds is 4. The number of alkyl halides is 1. The van der Waals surface area contributed by atoms with E-state index in [-0.39, 0.29) is 17.4 Å². The highest BCUT2D eigenvalue weighted by molar-refractivity contribution is 9.09. The molecular weight excluding hydrogens is 338 g/mol. The summed E-state index contributed by atoms with van der Waals surface area (Å²) >= 11 is 4.78. The molecule has 0 bridgehead atoms. The van der Waals surface area contributed by atoms with Crippen LogP contribution in [-0.2, 0) is 0 Å². The normalized spacial score (nSPS) is 26.8. The van der Waals surface area contributed by atoms with Crippen molar-refractivity contribution in [3.63, 3.8) is 0 Å². The maximum atomic E-state index is 12.5. The second kappa shape index (κ2) is 6.52. The average Bonchev–Trinajstić information content (AvgIpc) is 2.91. The van der Waals surface area contributed by atoms with Gasteiger partial charge in [0.05, 0.1) is 11.2 Å². The van der Waals surface area contributed by atoms with E-state index < -0.39 is 0 Å². The van der Waals surface area contributed by atoms with Crippen LogP contribution in [0.4, 0.5) is 0 Å². The lowest BCUT2D eigenvalue weighted by atomic mass is 9.78. The van der Waals surface area contributed by atoms with Gasteiger partial charge in [0.1, 0.15) is 4.88 Å². The molecule has 1 fully saturated rings. The first kappa shape index (κ1) is 15.9. The molecule has 0 radical (unpaired) electrons. The van der Waals surface area contributed by atoms with Crippen LogP contribution < -0.4 is 5.32 Å². The summed E-state index contributed by atoms with van der Waals surface area (Å²) in [4.78, 5) is 13.2. The summed E-state index contributed by atoms with van der Waals surface area (Å²) in [5, 5.41) is 8.14. The second-order valence-electron chi connectivity index (χ2n) is 6.19. The van der Waals surface area contributed by atoms with Gasteiger partial charge in [0.2, 0.25) is 0 Å². The third kappa shape index (κ3) is 3.39. The zero-order chi connectivity index (χ0) is 14.8. The lowest BCUT2D eigenvalue weighted by Gasteiger charge is -2.38. The second-order valence-corrected chi connectivity index (χ2v) is 7.51. The monoisotopic (exact) mass is 359 g/mol. The van der Waals surface area contributed by atoms with E-state index in [4.69, 9.17) is 0 Å². The topological polar surface area (TPSA) is 54.9 Å². The SMILES string of the molecule is CC1CCC(CBr)(NC(=O)c2snnc2C(C)C)CC1. The van der Waals surface area contributed by atoms with E-state index >= 15 is 0 Å². The Labute approximate surface area is 133 Å². The van der Waals surface area contributed by atoms with Crippen LogP contribution in [0.25, 0.3) is 0 Å². The van der Waals surface area contributed by atoms with E-state index in [0.717, 1.165) is 29.8 Å². The molecular formula is C14H22BrN3OS. The van der Waals surface area contributed by atoms with Crippen LogP contribution in [0.15, 0.2) is 0 Å². The van der Waals surface area contributed by atoms with E-state index in [9.17, 15) is 4.79 Å². The summed E-state index contributed by atoms with van der Waals surface area (Å²) in [7, 11) is 0. The summed E-state index contributed by atoms with van der Waals surface area (Å²) in [5.74, 6) is 0.967. The number of aromatic nitrogens is 2. The standard InChI is InChI=1S/C14H22BrN3OS/c1-9(2)11-12(20-18-17-11)13(19)16-14(8-15)6-4-10(3)5-7-14/h9-10H,4-8H2,1-3H3,(H,16,19). The molecule has 0 aliphatic heterocycles. The van der Waals surface area contributed by atoms with Gasteiger partial charge in [-0.2, -0.15) is 0 Å². The zero-order valence-electron chi connectivity index (χ0n) is 12.3. The fraction of sp³-hybridized carbons (Fsp3) is 0.786. The fourth-order valence-electron chi connectivity index (χ4n) is 2.64. The third-order valence-electron chi connectivity index (χ3n) is 4.13. The van der Waals surface area contributed by atoms with Gasteiger partial charge in [0, 0.05) is 5.33 Å². The quantitative estimate of drug-likeness (QED) is 0.833. The Kier molecular flexibility index (Phi) is 5.18. The number of hydrogen-bond donors (Lipinski definition) is 1. The van der Waals surface area contributed by atoms with Gasteiger partial charge in [-0.15, -0.1) is 5.10 Å². The molecule has 0 atom stereocenters. The van der Waals surface area contributed by atoms with Crippen molar-refractivity contribution in [1.29, 1.82) is 0 Å². The van der Waals surface area contributed by atoms with Gasteiger partial charge in [-0.3, -0.25) is 4.79 Å². The van der Waals surface area contributed by atoms with Crippen molar-refractivity contribution in [2.45, 2.75) is 57.9 Å². The van der Waals surface area contributed by atoms with E-state index in [1.807, 2.05) is 13.8 Å². The molecule has 1 aliphatic carbocycles. The molecule has 0 unspecified atom stereocenters. The molecule has 1 N–H and O–H groups in total. The predicted molar refractivity (Wildman–Crippen MR) is 85.6 cm³/mol. The summed E-state index contributed by atoms with van der Waals surface area (Å²) in [6.45, 7) is 6.36. The van der Waals surface area contributed by atoms with Crippen molar-refractivity contribution in [3.8, 4) is 0 Å². The number of nitrogens with zero attached hydrogens (tertiary/aromatic N) is 2. The predicted octanol–water partition coefficient (Wildman–Crippen LogP) is 3.74. The first-order valence-electron chi connectivity index (χ1n) is 7.18. The van der Waals surface area contributed by atoms with Crippen molar-refractivity contribution in [2.75, 3.05) is 5.33 Å². The van der Waals surface area contributed by atoms with Gasteiger partial charge in [-0.05, 0) is 49.1 Å². The number of carbonyl (C=O) groups excluding carboxylic acids is 1. The highest BCUT2D eigenvalue weighted by Gasteiger charge is 2.35. The van der Waals surface area contributed by atoms with Gasteiger partial charge in [-0.1, -0.05) is 41.2 Å². The molecule has 0 saturated heterocycles. The van der Waals surface area contributed by atoms with Crippen LogP contribution in [0, 0.1) is 5.92 Å². The lowest BCUT2D eigenvalue weighted by Crippen LogP contribution is -2.52.